The summed E-state index contributed by atoms with van der Waals surface area (Å²) >= 11 is 0. The second-order valence-corrected chi connectivity index (χ2v) is 7.47. The highest BCUT2D eigenvalue weighted by molar-refractivity contribution is 5.44. The Morgan fingerprint density at radius 2 is 1.62 bits per heavy atom. The maximum absolute atomic E-state index is 5.96. The SMILES string of the molecule is CCC(C)(C)c1ccc(OCC(C)N)c(C(C)(C)CC)c1. The normalized spacial score (nSPS) is 14.1. The van der Waals surface area contributed by atoms with Crippen molar-refractivity contribution in [2.75, 3.05) is 6.61 Å². The van der Waals surface area contributed by atoms with E-state index < -0.39 is 0 Å². The first-order chi connectivity index (χ1) is 9.64. The van der Waals surface area contributed by atoms with Crippen LogP contribution in [-0.4, -0.2) is 12.6 Å². The van der Waals surface area contributed by atoms with Gasteiger partial charge >= 0.3 is 0 Å². The molecule has 0 radical (unpaired) electrons. The molecule has 0 aliphatic carbocycles. The Balaban J connectivity index is 3.27. The first-order valence-electron chi connectivity index (χ1n) is 8.17. The molecule has 1 atom stereocenters. The van der Waals surface area contributed by atoms with Crippen molar-refractivity contribution in [3.05, 3.63) is 29.3 Å². The largest absolute Gasteiger partial charge is 0.492 e. The first-order valence-corrected chi connectivity index (χ1v) is 8.17. The number of hydrogen-bond donors (Lipinski definition) is 1. The van der Waals surface area contributed by atoms with Gasteiger partial charge in [0.05, 0.1) is 0 Å². The fourth-order valence-corrected chi connectivity index (χ4v) is 2.22. The molecule has 0 aromatic heterocycles. The molecule has 120 valence electrons. The molecule has 0 aliphatic rings. The lowest BCUT2D eigenvalue weighted by Gasteiger charge is -2.30. The Kier molecular flexibility index (Phi) is 5.86. The van der Waals surface area contributed by atoms with Crippen LogP contribution in [-0.2, 0) is 10.8 Å². The van der Waals surface area contributed by atoms with E-state index >= 15 is 0 Å². The van der Waals surface area contributed by atoms with Crippen molar-refractivity contribution in [3.63, 3.8) is 0 Å². The van der Waals surface area contributed by atoms with Gasteiger partial charge in [-0.2, -0.15) is 0 Å². The molecule has 0 saturated heterocycles. The van der Waals surface area contributed by atoms with Crippen molar-refractivity contribution in [1.29, 1.82) is 0 Å². The third-order valence-corrected chi connectivity index (χ3v) is 4.76. The van der Waals surface area contributed by atoms with Gasteiger partial charge in [-0.15, -0.1) is 0 Å². The van der Waals surface area contributed by atoms with E-state index in [-0.39, 0.29) is 16.9 Å². The van der Waals surface area contributed by atoms with E-state index in [1.165, 1.54) is 11.1 Å². The summed E-state index contributed by atoms with van der Waals surface area (Å²) in [6, 6.07) is 6.72. The summed E-state index contributed by atoms with van der Waals surface area (Å²) in [5, 5.41) is 0. The highest BCUT2D eigenvalue weighted by atomic mass is 16.5. The van der Waals surface area contributed by atoms with Gasteiger partial charge < -0.3 is 10.5 Å². The molecule has 0 fully saturated rings. The molecule has 0 bridgehead atoms. The van der Waals surface area contributed by atoms with E-state index in [9.17, 15) is 0 Å². The number of hydrogen-bond acceptors (Lipinski definition) is 2. The average Bonchev–Trinajstić information content (AvgIpc) is 2.44. The third-order valence-electron chi connectivity index (χ3n) is 4.76. The van der Waals surface area contributed by atoms with E-state index in [1.807, 2.05) is 6.92 Å². The topological polar surface area (TPSA) is 35.2 Å². The predicted molar refractivity (Wildman–Crippen MR) is 92.2 cm³/mol. The molecule has 2 nitrogen and oxygen atoms in total. The molecule has 0 spiro atoms. The summed E-state index contributed by atoms with van der Waals surface area (Å²) < 4.78 is 5.96. The van der Waals surface area contributed by atoms with Crippen LogP contribution < -0.4 is 10.5 Å². The highest BCUT2D eigenvalue weighted by Crippen LogP contribution is 2.38. The lowest BCUT2D eigenvalue weighted by molar-refractivity contribution is 0.286. The molecule has 1 rings (SSSR count). The van der Waals surface area contributed by atoms with Gasteiger partial charge in [0, 0.05) is 11.6 Å². The van der Waals surface area contributed by atoms with Crippen LogP contribution in [0.15, 0.2) is 18.2 Å². The molecule has 2 N–H and O–H groups in total. The Morgan fingerprint density at radius 1 is 1.05 bits per heavy atom. The molecule has 1 aromatic carbocycles. The van der Waals surface area contributed by atoms with Crippen LogP contribution >= 0.6 is 0 Å². The molecule has 1 unspecified atom stereocenters. The molecular weight excluding hydrogens is 258 g/mol. The summed E-state index contributed by atoms with van der Waals surface area (Å²) in [6.07, 6.45) is 2.20. The Hall–Kier alpha value is -1.02. The lowest BCUT2D eigenvalue weighted by atomic mass is 9.76. The van der Waals surface area contributed by atoms with Gasteiger partial charge in [0.15, 0.2) is 0 Å². The van der Waals surface area contributed by atoms with Crippen LogP contribution in [0.4, 0.5) is 0 Å². The fraction of sp³-hybridized carbons (Fsp3) is 0.684. The van der Waals surface area contributed by atoms with Gasteiger partial charge in [0.1, 0.15) is 12.4 Å². The van der Waals surface area contributed by atoms with Gasteiger partial charge in [0.2, 0.25) is 0 Å². The summed E-state index contributed by atoms with van der Waals surface area (Å²) in [6.45, 7) is 16.2. The second-order valence-electron chi connectivity index (χ2n) is 7.47. The van der Waals surface area contributed by atoms with Crippen LogP contribution in [0.5, 0.6) is 5.75 Å². The third kappa shape index (κ3) is 4.47. The minimum absolute atomic E-state index is 0.0503. The number of rotatable bonds is 7. The van der Waals surface area contributed by atoms with Crippen molar-refractivity contribution in [2.24, 2.45) is 5.73 Å². The van der Waals surface area contributed by atoms with E-state index in [4.69, 9.17) is 10.5 Å². The predicted octanol–water partition coefficient (Wildman–Crippen LogP) is 4.79. The average molecular weight is 291 g/mol. The first kappa shape index (κ1) is 18.0. The molecule has 2 heteroatoms. The van der Waals surface area contributed by atoms with Gasteiger partial charge in [0.25, 0.3) is 0 Å². The molecule has 21 heavy (non-hydrogen) atoms. The standard InChI is InChI=1S/C19H33NO/c1-8-18(4,5)15-10-11-17(21-13-14(3)20)16(12-15)19(6,7)9-2/h10-12,14H,8-9,13,20H2,1-7H3. The van der Waals surface area contributed by atoms with E-state index in [0.717, 1.165) is 18.6 Å². The molecule has 0 amide bonds. The minimum Gasteiger partial charge on any atom is -0.492 e. The van der Waals surface area contributed by atoms with Gasteiger partial charge in [-0.05, 0) is 42.2 Å². The van der Waals surface area contributed by atoms with Crippen molar-refractivity contribution in [1.82, 2.24) is 0 Å². The van der Waals surface area contributed by atoms with E-state index in [2.05, 4.69) is 59.7 Å². The van der Waals surface area contributed by atoms with Crippen LogP contribution in [0, 0.1) is 0 Å². The van der Waals surface area contributed by atoms with Gasteiger partial charge in [-0.1, -0.05) is 53.7 Å². The zero-order valence-corrected chi connectivity index (χ0v) is 14.9. The van der Waals surface area contributed by atoms with Crippen molar-refractivity contribution in [2.45, 2.75) is 78.2 Å². The molecule has 1 aromatic rings. The van der Waals surface area contributed by atoms with Gasteiger partial charge in [-0.25, -0.2) is 0 Å². The summed E-state index contributed by atoms with van der Waals surface area (Å²) in [5.74, 6) is 0.981. The van der Waals surface area contributed by atoms with Gasteiger partial charge in [-0.3, -0.25) is 0 Å². The summed E-state index contributed by atoms with van der Waals surface area (Å²) in [4.78, 5) is 0. The van der Waals surface area contributed by atoms with Crippen molar-refractivity contribution in [3.8, 4) is 5.75 Å². The smallest absolute Gasteiger partial charge is 0.123 e. The zero-order valence-electron chi connectivity index (χ0n) is 14.9. The quantitative estimate of drug-likeness (QED) is 0.784. The minimum atomic E-state index is 0.0503. The number of nitrogens with two attached hydrogens (primary N) is 1. The van der Waals surface area contributed by atoms with Crippen LogP contribution in [0.3, 0.4) is 0 Å². The molecule has 0 saturated carbocycles. The second kappa shape index (κ2) is 6.83. The number of ether oxygens (including phenoxy) is 1. The van der Waals surface area contributed by atoms with Crippen LogP contribution in [0.1, 0.15) is 72.4 Å². The van der Waals surface area contributed by atoms with E-state index in [1.54, 1.807) is 0 Å². The number of benzene rings is 1. The zero-order chi connectivity index (χ0) is 16.3. The molecular formula is C19H33NO. The lowest BCUT2D eigenvalue weighted by Crippen LogP contribution is -2.26. The summed E-state index contributed by atoms with van der Waals surface area (Å²) in [7, 11) is 0. The van der Waals surface area contributed by atoms with Crippen LogP contribution in [0.2, 0.25) is 0 Å². The maximum Gasteiger partial charge on any atom is 0.123 e. The van der Waals surface area contributed by atoms with E-state index in [0.29, 0.717) is 6.61 Å². The Labute approximate surface area is 131 Å². The van der Waals surface area contributed by atoms with Crippen LogP contribution in [0.25, 0.3) is 0 Å². The Bertz CT molecular complexity index is 461. The maximum atomic E-state index is 5.96. The molecule has 0 aliphatic heterocycles. The fourth-order valence-electron chi connectivity index (χ4n) is 2.22. The molecule has 0 heterocycles. The van der Waals surface area contributed by atoms with Crippen molar-refractivity contribution < 1.29 is 4.74 Å². The Morgan fingerprint density at radius 3 is 2.10 bits per heavy atom. The highest BCUT2D eigenvalue weighted by Gasteiger charge is 2.26. The monoisotopic (exact) mass is 291 g/mol. The summed E-state index contributed by atoms with van der Waals surface area (Å²) in [5.41, 5.74) is 8.80. The van der Waals surface area contributed by atoms with Crippen molar-refractivity contribution >= 4 is 0 Å².